The van der Waals surface area contributed by atoms with Crippen LogP contribution >= 0.6 is 0 Å². The standard InChI is InChI=1S/C57H91NO14/c1-36-18-13-12-14-19-37(2)49(70-29-28-66-9)34-45-23-21-42(7)57(65,72-45)54(62)55(63)58-25-16-15-20-46(58)56(64)71-50(40(5)32-44-22-24-48(51(33-44)67-10)69-27-17-26-59)35-47(60)39(4)31-41(6)52(61)53(68-11)43(8)38(3)30-36/h12-14,18-19,31,36,38-40,42,44-46,48-53,59,61,65H,8,15-17,20-30,32-35H2,1-7,9-11H3/b14-12+,18-13+,37-19+,41-31+/t36-,38-,39-,40-,42-,44+,45+,46+,48-,49?,50+,51-,52-,53+,57-/m1/s1. The van der Waals surface area contributed by atoms with Crippen molar-refractivity contribution in [2.75, 3.05) is 54.3 Å². The van der Waals surface area contributed by atoms with Crippen LogP contribution < -0.4 is 0 Å². The van der Waals surface area contributed by atoms with Crippen molar-refractivity contribution in [1.29, 1.82) is 0 Å². The van der Waals surface area contributed by atoms with E-state index in [-0.39, 0.29) is 67.7 Å². The molecule has 1 saturated carbocycles. The second-order valence-electron chi connectivity index (χ2n) is 21.3. The Morgan fingerprint density at radius 3 is 2.31 bits per heavy atom. The van der Waals surface area contributed by atoms with Crippen molar-refractivity contribution in [3.05, 3.63) is 59.8 Å². The molecule has 3 heterocycles. The Hall–Kier alpha value is -3.38. The first-order valence-electron chi connectivity index (χ1n) is 26.7. The molecule has 3 N–H and O–H groups in total. The molecule has 2 saturated heterocycles. The number of amides is 1. The molecule has 0 aromatic carbocycles. The molecule has 1 unspecified atom stereocenters. The fourth-order valence-corrected chi connectivity index (χ4v) is 10.9. The molecule has 0 radical (unpaired) electrons. The summed E-state index contributed by atoms with van der Waals surface area (Å²) < 4.78 is 42.0. The minimum Gasteiger partial charge on any atom is -0.460 e. The number of methoxy groups -OCH3 is 3. The average molecular weight is 1010 g/mol. The molecule has 15 atom stereocenters. The largest absolute Gasteiger partial charge is 0.460 e. The predicted molar refractivity (Wildman–Crippen MR) is 276 cm³/mol. The highest BCUT2D eigenvalue weighted by molar-refractivity contribution is 6.39. The maximum absolute atomic E-state index is 14.6. The van der Waals surface area contributed by atoms with Gasteiger partial charge in [-0.3, -0.25) is 14.4 Å². The van der Waals surface area contributed by atoms with Crippen molar-refractivity contribution in [3.8, 4) is 0 Å². The van der Waals surface area contributed by atoms with Gasteiger partial charge in [0.25, 0.3) is 11.7 Å². The summed E-state index contributed by atoms with van der Waals surface area (Å²) in [6.45, 7) is 18.9. The third-order valence-corrected chi connectivity index (χ3v) is 15.6. The zero-order valence-electron chi connectivity index (χ0n) is 45.3. The number of Topliss-reactive ketones (excluding diaryl/α,β-unsaturated/α-hetero) is 2. The van der Waals surface area contributed by atoms with Crippen LogP contribution in [0.15, 0.2) is 59.8 Å². The van der Waals surface area contributed by atoms with Gasteiger partial charge in [-0.25, -0.2) is 4.79 Å². The van der Waals surface area contributed by atoms with Crippen molar-refractivity contribution in [2.45, 2.75) is 186 Å². The van der Waals surface area contributed by atoms with Crippen LogP contribution in [0.1, 0.15) is 132 Å². The Labute approximate surface area is 430 Å². The summed E-state index contributed by atoms with van der Waals surface area (Å²) in [6.07, 6.45) is 14.2. The number of piperidine rings is 1. The Morgan fingerprint density at radius 2 is 1.61 bits per heavy atom. The molecule has 1 amide bonds. The van der Waals surface area contributed by atoms with Crippen LogP contribution in [0.5, 0.6) is 0 Å². The van der Waals surface area contributed by atoms with E-state index in [0.29, 0.717) is 76.8 Å². The van der Waals surface area contributed by atoms with Gasteiger partial charge in [-0.2, -0.15) is 0 Å². The van der Waals surface area contributed by atoms with Gasteiger partial charge in [-0.1, -0.05) is 77.7 Å². The third kappa shape index (κ3) is 17.3. The monoisotopic (exact) mass is 1010 g/mol. The van der Waals surface area contributed by atoms with Crippen LogP contribution in [0, 0.1) is 35.5 Å². The van der Waals surface area contributed by atoms with E-state index in [9.17, 15) is 34.5 Å². The first-order chi connectivity index (χ1) is 34.3. The molecule has 3 fully saturated rings. The van der Waals surface area contributed by atoms with Crippen LogP contribution in [-0.4, -0.2) is 153 Å². The number of fused-ring (bicyclic) bond motifs is 3. The number of aliphatic hydroxyl groups is 3. The molecule has 4 rings (SSSR count). The van der Waals surface area contributed by atoms with E-state index in [2.05, 4.69) is 26.5 Å². The van der Waals surface area contributed by atoms with Gasteiger partial charge in [-0.15, -0.1) is 0 Å². The number of cyclic esters (lactones) is 1. The lowest BCUT2D eigenvalue weighted by molar-refractivity contribution is -0.266. The van der Waals surface area contributed by atoms with E-state index < -0.39 is 71.8 Å². The molecule has 408 valence electrons. The van der Waals surface area contributed by atoms with E-state index in [0.717, 1.165) is 30.4 Å². The molecule has 0 spiro atoms. The fourth-order valence-electron chi connectivity index (χ4n) is 10.9. The van der Waals surface area contributed by atoms with E-state index in [4.69, 9.17) is 33.2 Å². The Bertz CT molecular complexity index is 1880. The van der Waals surface area contributed by atoms with E-state index in [1.165, 1.54) is 4.90 Å². The van der Waals surface area contributed by atoms with E-state index >= 15 is 0 Å². The number of rotatable bonds is 13. The quantitative estimate of drug-likeness (QED) is 0.0706. The number of aliphatic hydroxyl groups excluding tert-OH is 2. The van der Waals surface area contributed by atoms with Crippen molar-refractivity contribution < 1.29 is 67.7 Å². The summed E-state index contributed by atoms with van der Waals surface area (Å²) in [6, 6.07) is -1.13. The Kier molecular flexibility index (Phi) is 25.7. The second-order valence-corrected chi connectivity index (χ2v) is 21.3. The van der Waals surface area contributed by atoms with E-state index in [1.54, 1.807) is 48.2 Å². The van der Waals surface area contributed by atoms with Crippen LogP contribution in [0.2, 0.25) is 0 Å². The molecule has 0 aromatic heterocycles. The van der Waals surface area contributed by atoms with Crippen molar-refractivity contribution in [2.24, 2.45) is 35.5 Å². The second kappa shape index (κ2) is 30.2. The number of esters is 1. The van der Waals surface area contributed by atoms with Crippen molar-refractivity contribution >= 4 is 23.4 Å². The lowest BCUT2D eigenvalue weighted by atomic mass is 9.78. The number of nitrogens with zero attached hydrogens (tertiary/aromatic N) is 1. The summed E-state index contributed by atoms with van der Waals surface area (Å²) >= 11 is 0. The van der Waals surface area contributed by atoms with Crippen LogP contribution in [0.25, 0.3) is 0 Å². The van der Waals surface area contributed by atoms with Gasteiger partial charge in [-0.05, 0) is 125 Å². The molecule has 3 aliphatic heterocycles. The number of carbonyl (C=O) groups excluding carboxylic acids is 4. The molecular formula is C57H91NO14. The highest BCUT2D eigenvalue weighted by Crippen LogP contribution is 2.38. The number of allylic oxidation sites excluding steroid dienone is 6. The van der Waals surface area contributed by atoms with Crippen LogP contribution in [-0.2, 0) is 52.3 Å². The van der Waals surface area contributed by atoms with Gasteiger partial charge in [0, 0.05) is 65.8 Å². The smallest absolute Gasteiger partial charge is 0.329 e. The first kappa shape index (κ1) is 61.2. The summed E-state index contributed by atoms with van der Waals surface area (Å²) in [5.41, 5.74) is 2.18. The zero-order valence-corrected chi connectivity index (χ0v) is 45.3. The molecule has 15 nitrogen and oxygen atoms in total. The zero-order chi connectivity index (χ0) is 53.1. The molecule has 0 aromatic rings. The highest BCUT2D eigenvalue weighted by Gasteiger charge is 2.53. The van der Waals surface area contributed by atoms with Crippen molar-refractivity contribution in [1.82, 2.24) is 4.90 Å². The predicted octanol–water partition coefficient (Wildman–Crippen LogP) is 7.59. The fraction of sp³-hybridized carbons (Fsp3) is 0.754. The molecule has 4 aliphatic rings. The number of ether oxygens (including phenoxy) is 7. The van der Waals surface area contributed by atoms with Crippen LogP contribution in [0.3, 0.4) is 0 Å². The maximum atomic E-state index is 14.6. The number of hydrogen-bond donors (Lipinski definition) is 3. The minimum atomic E-state index is -2.45. The van der Waals surface area contributed by atoms with Gasteiger partial charge in [0.15, 0.2) is 0 Å². The number of ketones is 2. The van der Waals surface area contributed by atoms with Gasteiger partial charge in [0.2, 0.25) is 5.79 Å². The van der Waals surface area contributed by atoms with Gasteiger partial charge in [0.05, 0.1) is 37.6 Å². The summed E-state index contributed by atoms with van der Waals surface area (Å²) in [7, 11) is 4.80. The molecule has 72 heavy (non-hydrogen) atoms. The SMILES string of the molecule is C=C1[C@H](C)C[C@H](C)/C=C/C=C/C=C(\C)C(OCCOC)C[C@@H]2CC[C@@H](C)[C@@](O)(O2)C(=O)C(=O)N2CCCC[C@H]2C(=O)O[C@H]([C@H](C)C[C@@H]2CC[C@@H](OCCCO)[C@H](OC)C2)CC(=O)[C@H](C)/C=C(\C)[C@@H](O)[C@H]1OC. The van der Waals surface area contributed by atoms with Crippen molar-refractivity contribution in [3.63, 3.8) is 0 Å². The van der Waals surface area contributed by atoms with Gasteiger partial charge >= 0.3 is 5.97 Å². The van der Waals surface area contributed by atoms with E-state index in [1.807, 2.05) is 38.2 Å². The third-order valence-electron chi connectivity index (χ3n) is 15.6. The van der Waals surface area contributed by atoms with Gasteiger partial charge < -0.3 is 53.4 Å². The van der Waals surface area contributed by atoms with Crippen LogP contribution in [0.4, 0.5) is 0 Å². The highest BCUT2D eigenvalue weighted by atomic mass is 16.6. The Morgan fingerprint density at radius 1 is 0.861 bits per heavy atom. The Balaban J connectivity index is 1.71. The average Bonchev–Trinajstić information content (AvgIpc) is 3.36. The number of carbonyl (C=O) groups is 4. The minimum absolute atomic E-state index is 0.0125. The lowest BCUT2D eigenvalue weighted by Crippen LogP contribution is -2.61. The molecule has 1 aliphatic carbocycles. The first-order valence-corrected chi connectivity index (χ1v) is 26.7. The van der Waals surface area contributed by atoms with Gasteiger partial charge in [0.1, 0.15) is 30.1 Å². The number of hydrogen-bond acceptors (Lipinski definition) is 14. The summed E-state index contributed by atoms with van der Waals surface area (Å²) in [5, 5.41) is 33.1. The summed E-state index contributed by atoms with van der Waals surface area (Å²) in [4.78, 5) is 59.0. The normalized spacial score (nSPS) is 37.7. The topological polar surface area (TPSA) is 197 Å². The lowest BCUT2D eigenvalue weighted by Gasteiger charge is -2.43. The summed E-state index contributed by atoms with van der Waals surface area (Å²) in [5.74, 6) is -6.90. The molecule has 2 bridgehead atoms. The maximum Gasteiger partial charge on any atom is 0.329 e. The molecular weight excluding hydrogens is 923 g/mol. The molecule has 15 heteroatoms.